The molecule has 0 radical (unpaired) electrons. The molecule has 1 amide bonds. The number of nitrogens with one attached hydrogen (secondary N) is 1. The average molecular weight is 134 g/mol. The van der Waals surface area contributed by atoms with Gasteiger partial charge in [0, 0.05) is 6.42 Å². The van der Waals surface area contributed by atoms with Crippen LogP contribution in [0.4, 0.5) is 0 Å². The maximum atomic E-state index is 10.3. The second-order valence-corrected chi connectivity index (χ2v) is 1.84. The molecule has 0 heterocycles. The summed E-state index contributed by atoms with van der Waals surface area (Å²) in [5.74, 6) is 5.39. The van der Waals surface area contributed by atoms with Crippen LogP contribution in [0.1, 0.15) is 12.8 Å². The molecule has 0 bridgehead atoms. The first-order valence-electron chi connectivity index (χ1n) is 2.41. The molecule has 0 spiro atoms. The van der Waals surface area contributed by atoms with Gasteiger partial charge in [-0.2, -0.15) is 12.6 Å². The number of carbonyl (C=O) groups excluding carboxylic acids is 1. The van der Waals surface area contributed by atoms with Gasteiger partial charge in [0.15, 0.2) is 0 Å². The molecule has 0 aromatic heterocycles. The zero-order valence-corrected chi connectivity index (χ0v) is 5.45. The van der Waals surface area contributed by atoms with Gasteiger partial charge in [-0.05, 0) is 12.2 Å². The van der Waals surface area contributed by atoms with Gasteiger partial charge in [-0.15, -0.1) is 0 Å². The summed E-state index contributed by atoms with van der Waals surface area (Å²) in [6.07, 6.45) is 1.26. The molecule has 0 atom stereocenters. The summed E-state index contributed by atoms with van der Waals surface area (Å²) in [5, 5.41) is 0. The van der Waals surface area contributed by atoms with E-state index in [0.717, 1.165) is 12.2 Å². The molecule has 0 aromatic rings. The number of carbonyl (C=O) groups is 1. The van der Waals surface area contributed by atoms with Gasteiger partial charge in [-0.1, -0.05) is 0 Å². The van der Waals surface area contributed by atoms with Crippen molar-refractivity contribution in [2.45, 2.75) is 12.8 Å². The predicted molar refractivity (Wildman–Crippen MR) is 35.4 cm³/mol. The van der Waals surface area contributed by atoms with Crippen LogP contribution in [0.2, 0.25) is 0 Å². The minimum absolute atomic E-state index is 0.126. The Bertz CT molecular complexity index is 76.4. The molecular formula is C4H10N2OS. The van der Waals surface area contributed by atoms with Crippen molar-refractivity contribution in [2.24, 2.45) is 5.84 Å². The third kappa shape index (κ3) is 3.95. The van der Waals surface area contributed by atoms with Crippen molar-refractivity contribution >= 4 is 18.5 Å². The van der Waals surface area contributed by atoms with Gasteiger partial charge in [0.1, 0.15) is 0 Å². The van der Waals surface area contributed by atoms with Crippen LogP contribution >= 0.6 is 12.6 Å². The Morgan fingerprint density at radius 2 is 2.38 bits per heavy atom. The minimum Gasteiger partial charge on any atom is -0.294 e. The zero-order valence-electron chi connectivity index (χ0n) is 4.55. The minimum atomic E-state index is -0.126. The highest BCUT2D eigenvalue weighted by molar-refractivity contribution is 7.80. The topological polar surface area (TPSA) is 55.1 Å². The van der Waals surface area contributed by atoms with Gasteiger partial charge < -0.3 is 0 Å². The van der Waals surface area contributed by atoms with Crippen molar-refractivity contribution in [1.29, 1.82) is 0 Å². The Balaban J connectivity index is 2.99. The van der Waals surface area contributed by atoms with Crippen molar-refractivity contribution in [3.05, 3.63) is 0 Å². The van der Waals surface area contributed by atoms with E-state index in [1.54, 1.807) is 0 Å². The Hall–Kier alpha value is -0.220. The maximum absolute atomic E-state index is 10.3. The highest BCUT2D eigenvalue weighted by Gasteiger charge is 1.93. The van der Waals surface area contributed by atoms with Crippen LogP contribution in [0.15, 0.2) is 0 Å². The van der Waals surface area contributed by atoms with Gasteiger partial charge in [-0.3, -0.25) is 10.2 Å². The average Bonchev–Trinajstić information content (AvgIpc) is 1.83. The summed E-state index contributed by atoms with van der Waals surface area (Å²) >= 11 is 3.91. The third-order valence-corrected chi connectivity index (χ3v) is 1.04. The van der Waals surface area contributed by atoms with E-state index >= 15 is 0 Å². The summed E-state index contributed by atoms with van der Waals surface area (Å²) in [5.41, 5.74) is 2.03. The molecule has 0 unspecified atom stereocenters. The lowest BCUT2D eigenvalue weighted by Crippen LogP contribution is -2.29. The van der Waals surface area contributed by atoms with Crippen LogP contribution in [0.5, 0.6) is 0 Å². The second-order valence-electron chi connectivity index (χ2n) is 1.39. The Morgan fingerprint density at radius 3 is 2.75 bits per heavy atom. The van der Waals surface area contributed by atoms with Crippen molar-refractivity contribution < 1.29 is 4.79 Å². The van der Waals surface area contributed by atoms with E-state index in [-0.39, 0.29) is 5.91 Å². The zero-order chi connectivity index (χ0) is 6.41. The van der Waals surface area contributed by atoms with Gasteiger partial charge in [0.2, 0.25) is 5.91 Å². The molecule has 0 aliphatic rings. The lowest BCUT2D eigenvalue weighted by atomic mass is 10.3. The molecule has 4 heteroatoms. The Kier molecular flexibility index (Phi) is 4.79. The summed E-state index contributed by atoms with van der Waals surface area (Å²) in [6.45, 7) is 0. The van der Waals surface area contributed by atoms with Gasteiger partial charge in [-0.25, -0.2) is 5.84 Å². The summed E-state index contributed by atoms with van der Waals surface area (Å²) in [6, 6.07) is 0. The van der Waals surface area contributed by atoms with Crippen molar-refractivity contribution in [3.8, 4) is 0 Å². The quantitative estimate of drug-likeness (QED) is 0.214. The standard InChI is InChI=1S/C4H10N2OS/c5-6-4(7)2-1-3-8/h8H,1-3,5H2,(H,6,7). The fraction of sp³-hybridized carbons (Fsp3) is 0.750. The number of amides is 1. The van der Waals surface area contributed by atoms with E-state index in [9.17, 15) is 4.79 Å². The molecule has 0 fully saturated rings. The molecule has 0 aliphatic heterocycles. The molecule has 0 aliphatic carbocycles. The number of hydrazine groups is 1. The van der Waals surface area contributed by atoms with Crippen molar-refractivity contribution in [3.63, 3.8) is 0 Å². The molecule has 3 N–H and O–H groups in total. The normalized spacial score (nSPS) is 8.75. The van der Waals surface area contributed by atoms with E-state index in [1.807, 2.05) is 5.43 Å². The van der Waals surface area contributed by atoms with Crippen molar-refractivity contribution in [1.82, 2.24) is 5.43 Å². The van der Waals surface area contributed by atoms with Crippen LogP contribution in [0, 0.1) is 0 Å². The first-order chi connectivity index (χ1) is 3.81. The Labute approximate surface area is 54.0 Å². The summed E-state index contributed by atoms with van der Waals surface area (Å²) in [7, 11) is 0. The van der Waals surface area contributed by atoms with Crippen molar-refractivity contribution in [2.75, 3.05) is 5.75 Å². The number of hydrogen-bond donors (Lipinski definition) is 3. The van der Waals surface area contributed by atoms with Gasteiger partial charge in [0.05, 0.1) is 0 Å². The number of hydrogen-bond acceptors (Lipinski definition) is 3. The van der Waals surface area contributed by atoms with Gasteiger partial charge >= 0.3 is 0 Å². The van der Waals surface area contributed by atoms with Crippen LogP contribution in [-0.2, 0) is 4.79 Å². The SMILES string of the molecule is NNC(=O)CCCS. The van der Waals surface area contributed by atoms with Crippen LogP contribution in [-0.4, -0.2) is 11.7 Å². The molecule has 8 heavy (non-hydrogen) atoms. The summed E-state index contributed by atoms with van der Waals surface area (Å²) in [4.78, 5) is 10.3. The number of nitrogens with two attached hydrogens (primary N) is 1. The van der Waals surface area contributed by atoms with Crippen LogP contribution < -0.4 is 11.3 Å². The third-order valence-electron chi connectivity index (χ3n) is 0.723. The molecule has 0 rings (SSSR count). The molecule has 0 aromatic carbocycles. The molecule has 0 saturated heterocycles. The highest BCUT2D eigenvalue weighted by atomic mass is 32.1. The van der Waals surface area contributed by atoms with E-state index in [0.29, 0.717) is 6.42 Å². The van der Waals surface area contributed by atoms with E-state index in [2.05, 4.69) is 12.6 Å². The highest BCUT2D eigenvalue weighted by Crippen LogP contribution is 1.88. The fourth-order valence-electron chi connectivity index (χ4n) is 0.312. The molecular weight excluding hydrogens is 124 g/mol. The summed E-state index contributed by atoms with van der Waals surface area (Å²) < 4.78 is 0. The lowest BCUT2D eigenvalue weighted by Gasteiger charge is -1.93. The maximum Gasteiger partial charge on any atom is 0.233 e. The largest absolute Gasteiger partial charge is 0.294 e. The van der Waals surface area contributed by atoms with Crippen LogP contribution in [0.25, 0.3) is 0 Å². The molecule has 48 valence electrons. The molecule has 0 saturated carbocycles. The number of rotatable bonds is 3. The van der Waals surface area contributed by atoms with E-state index in [4.69, 9.17) is 5.84 Å². The van der Waals surface area contributed by atoms with E-state index < -0.39 is 0 Å². The smallest absolute Gasteiger partial charge is 0.233 e. The Morgan fingerprint density at radius 1 is 1.75 bits per heavy atom. The first kappa shape index (κ1) is 7.78. The lowest BCUT2D eigenvalue weighted by molar-refractivity contribution is -0.121. The number of thiol groups is 1. The van der Waals surface area contributed by atoms with Crippen LogP contribution in [0.3, 0.4) is 0 Å². The second kappa shape index (κ2) is 4.93. The predicted octanol–water partition coefficient (Wildman–Crippen LogP) is -0.314. The van der Waals surface area contributed by atoms with E-state index in [1.165, 1.54) is 0 Å². The monoisotopic (exact) mass is 134 g/mol. The fourth-order valence-corrected chi connectivity index (χ4v) is 0.470. The first-order valence-corrected chi connectivity index (χ1v) is 3.05. The van der Waals surface area contributed by atoms with Gasteiger partial charge in [0.25, 0.3) is 0 Å². The molecule has 3 nitrogen and oxygen atoms in total.